The molecule has 0 aromatic heterocycles. The molecule has 1 N–H and O–H groups in total. The van der Waals surface area contributed by atoms with Crippen molar-refractivity contribution in [2.75, 3.05) is 0 Å². The lowest BCUT2D eigenvalue weighted by Crippen LogP contribution is -2.36. The lowest BCUT2D eigenvalue weighted by molar-refractivity contribution is 0.476. The Morgan fingerprint density at radius 1 is 1.06 bits per heavy atom. The number of sulfonamides is 1. The quantitative estimate of drug-likeness (QED) is 0.879. The van der Waals surface area contributed by atoms with Crippen molar-refractivity contribution in [3.05, 3.63) is 29.8 Å². The van der Waals surface area contributed by atoms with E-state index in [1.807, 2.05) is 27.7 Å². The number of nitrogens with one attached hydrogen (secondary N) is 1. The van der Waals surface area contributed by atoms with Crippen LogP contribution in [0.2, 0.25) is 0 Å². The van der Waals surface area contributed by atoms with Gasteiger partial charge < -0.3 is 0 Å². The average molecular weight is 241 g/mol. The molecule has 0 aliphatic heterocycles. The van der Waals surface area contributed by atoms with Crippen molar-refractivity contribution >= 4 is 10.0 Å². The Balaban J connectivity index is 2.90. The van der Waals surface area contributed by atoms with Crippen molar-refractivity contribution in [1.82, 2.24) is 4.72 Å². The molecule has 0 aliphatic carbocycles. The molecule has 0 saturated heterocycles. The van der Waals surface area contributed by atoms with Gasteiger partial charge in [0.1, 0.15) is 0 Å². The second kappa shape index (κ2) is 4.97. The fourth-order valence-electron chi connectivity index (χ4n) is 1.17. The first-order valence-electron chi connectivity index (χ1n) is 5.42. The summed E-state index contributed by atoms with van der Waals surface area (Å²) in [7, 11) is -3.37. The van der Waals surface area contributed by atoms with Gasteiger partial charge in [0.15, 0.2) is 0 Å². The first kappa shape index (κ1) is 13.2. The number of hydrogen-bond donors (Lipinski definition) is 1. The minimum absolute atomic E-state index is 0.0636. The third-order valence-corrected chi connectivity index (χ3v) is 4.25. The molecule has 0 amide bonds. The van der Waals surface area contributed by atoms with Crippen LogP contribution >= 0.6 is 0 Å². The first-order chi connectivity index (χ1) is 7.33. The molecule has 3 nitrogen and oxygen atoms in total. The van der Waals surface area contributed by atoms with Gasteiger partial charge in [0.2, 0.25) is 10.0 Å². The van der Waals surface area contributed by atoms with Gasteiger partial charge in [-0.05, 0) is 31.9 Å². The van der Waals surface area contributed by atoms with Crippen LogP contribution in [0.3, 0.4) is 0 Å². The van der Waals surface area contributed by atoms with Crippen LogP contribution in [0.1, 0.15) is 26.3 Å². The maximum atomic E-state index is 11.9. The van der Waals surface area contributed by atoms with Crippen molar-refractivity contribution in [2.24, 2.45) is 5.92 Å². The van der Waals surface area contributed by atoms with Gasteiger partial charge in [0.25, 0.3) is 0 Å². The van der Waals surface area contributed by atoms with Crippen LogP contribution in [-0.2, 0) is 10.0 Å². The molecule has 4 heteroatoms. The van der Waals surface area contributed by atoms with E-state index in [9.17, 15) is 8.42 Å². The highest BCUT2D eigenvalue weighted by molar-refractivity contribution is 7.89. The summed E-state index contributed by atoms with van der Waals surface area (Å²) in [5.41, 5.74) is 1.05. The van der Waals surface area contributed by atoms with E-state index in [0.29, 0.717) is 4.90 Å². The van der Waals surface area contributed by atoms with Crippen molar-refractivity contribution in [3.63, 3.8) is 0 Å². The molecule has 0 spiro atoms. The molecular formula is C12H19NO2S. The predicted molar refractivity (Wildman–Crippen MR) is 65.8 cm³/mol. The Morgan fingerprint density at radius 3 is 2.00 bits per heavy atom. The Bertz CT molecular complexity index is 435. The normalized spacial score (nSPS) is 14.1. The molecule has 1 aromatic rings. The van der Waals surface area contributed by atoms with Crippen molar-refractivity contribution < 1.29 is 8.42 Å². The summed E-state index contributed by atoms with van der Waals surface area (Å²) in [5.74, 6) is 0.278. The predicted octanol–water partition coefficient (Wildman–Crippen LogP) is 2.32. The molecule has 0 saturated carbocycles. The van der Waals surface area contributed by atoms with Crippen LogP contribution in [0, 0.1) is 12.8 Å². The summed E-state index contributed by atoms with van der Waals surface area (Å²) in [6, 6.07) is 6.80. The SMILES string of the molecule is Cc1ccc(S(=O)(=O)NC(C)C(C)C)cc1. The van der Waals surface area contributed by atoms with E-state index >= 15 is 0 Å². The summed E-state index contributed by atoms with van der Waals surface area (Å²) in [6.45, 7) is 7.78. The minimum Gasteiger partial charge on any atom is -0.208 e. The van der Waals surface area contributed by atoms with Crippen molar-refractivity contribution in [2.45, 2.75) is 38.6 Å². The molecule has 1 rings (SSSR count). The Morgan fingerprint density at radius 2 is 1.56 bits per heavy atom. The van der Waals surface area contributed by atoms with Crippen LogP contribution < -0.4 is 4.72 Å². The Hall–Kier alpha value is -0.870. The summed E-state index contributed by atoms with van der Waals surface area (Å²) in [5, 5.41) is 0. The second-order valence-corrected chi connectivity index (χ2v) is 6.18. The van der Waals surface area contributed by atoms with Gasteiger partial charge in [-0.2, -0.15) is 0 Å². The number of benzene rings is 1. The molecule has 90 valence electrons. The van der Waals surface area contributed by atoms with E-state index in [2.05, 4.69) is 4.72 Å². The number of aryl methyl sites for hydroxylation is 1. The van der Waals surface area contributed by atoms with Crippen LogP contribution in [-0.4, -0.2) is 14.5 Å². The topological polar surface area (TPSA) is 46.2 Å². The largest absolute Gasteiger partial charge is 0.240 e. The van der Waals surface area contributed by atoms with E-state index in [1.54, 1.807) is 24.3 Å². The van der Waals surface area contributed by atoms with Gasteiger partial charge in [-0.15, -0.1) is 0 Å². The summed E-state index contributed by atoms with van der Waals surface area (Å²) >= 11 is 0. The second-order valence-electron chi connectivity index (χ2n) is 4.47. The van der Waals surface area contributed by atoms with E-state index in [1.165, 1.54) is 0 Å². The zero-order chi connectivity index (χ0) is 12.3. The lowest BCUT2D eigenvalue weighted by atomic mass is 10.1. The summed E-state index contributed by atoms with van der Waals surface area (Å²) in [4.78, 5) is 0.325. The van der Waals surface area contributed by atoms with Gasteiger partial charge in [0.05, 0.1) is 4.90 Å². The summed E-state index contributed by atoms with van der Waals surface area (Å²) < 4.78 is 26.6. The molecule has 0 fully saturated rings. The molecule has 0 radical (unpaired) electrons. The molecule has 1 aromatic carbocycles. The zero-order valence-corrected chi connectivity index (χ0v) is 11.0. The minimum atomic E-state index is -3.37. The number of rotatable bonds is 4. The van der Waals surface area contributed by atoms with Gasteiger partial charge in [-0.3, -0.25) is 0 Å². The molecule has 1 unspecified atom stereocenters. The van der Waals surface area contributed by atoms with Gasteiger partial charge in [-0.25, -0.2) is 13.1 Å². The van der Waals surface area contributed by atoms with Crippen LogP contribution in [0.25, 0.3) is 0 Å². The Labute approximate surface area is 97.9 Å². The lowest BCUT2D eigenvalue weighted by Gasteiger charge is -2.17. The monoisotopic (exact) mass is 241 g/mol. The van der Waals surface area contributed by atoms with Crippen molar-refractivity contribution in [1.29, 1.82) is 0 Å². The fraction of sp³-hybridized carbons (Fsp3) is 0.500. The zero-order valence-electron chi connectivity index (χ0n) is 10.2. The van der Waals surface area contributed by atoms with E-state index in [-0.39, 0.29) is 12.0 Å². The average Bonchev–Trinajstić information content (AvgIpc) is 2.17. The molecular weight excluding hydrogens is 222 g/mol. The molecule has 0 heterocycles. The number of hydrogen-bond acceptors (Lipinski definition) is 2. The van der Waals surface area contributed by atoms with Gasteiger partial charge >= 0.3 is 0 Å². The van der Waals surface area contributed by atoms with Gasteiger partial charge in [-0.1, -0.05) is 31.5 Å². The van der Waals surface area contributed by atoms with Crippen LogP contribution in [0.15, 0.2) is 29.2 Å². The van der Waals surface area contributed by atoms with Crippen LogP contribution in [0.5, 0.6) is 0 Å². The van der Waals surface area contributed by atoms with E-state index < -0.39 is 10.0 Å². The molecule has 0 aliphatic rings. The first-order valence-corrected chi connectivity index (χ1v) is 6.90. The van der Waals surface area contributed by atoms with E-state index in [0.717, 1.165) is 5.56 Å². The molecule has 16 heavy (non-hydrogen) atoms. The Kier molecular flexibility index (Phi) is 4.10. The highest BCUT2D eigenvalue weighted by atomic mass is 32.2. The third kappa shape index (κ3) is 3.32. The van der Waals surface area contributed by atoms with Crippen LogP contribution in [0.4, 0.5) is 0 Å². The third-order valence-electron chi connectivity index (χ3n) is 2.67. The fourth-order valence-corrected chi connectivity index (χ4v) is 2.56. The highest BCUT2D eigenvalue weighted by Crippen LogP contribution is 2.12. The summed E-state index contributed by atoms with van der Waals surface area (Å²) in [6.07, 6.45) is 0. The van der Waals surface area contributed by atoms with Crippen molar-refractivity contribution in [3.8, 4) is 0 Å². The molecule has 1 atom stereocenters. The van der Waals surface area contributed by atoms with Gasteiger partial charge in [0, 0.05) is 6.04 Å². The standard InChI is InChI=1S/C12H19NO2S/c1-9(2)11(4)13-16(14,15)12-7-5-10(3)6-8-12/h5-9,11,13H,1-4H3. The highest BCUT2D eigenvalue weighted by Gasteiger charge is 2.18. The smallest absolute Gasteiger partial charge is 0.208 e. The maximum Gasteiger partial charge on any atom is 0.240 e. The molecule has 0 bridgehead atoms. The maximum absolute atomic E-state index is 11.9. The van der Waals surface area contributed by atoms with E-state index in [4.69, 9.17) is 0 Å².